The van der Waals surface area contributed by atoms with Crippen LogP contribution in [0.25, 0.3) is 0 Å². The fourth-order valence-corrected chi connectivity index (χ4v) is 2.72. The van der Waals surface area contributed by atoms with Gasteiger partial charge in [0.2, 0.25) is 5.91 Å². The number of anilines is 1. The second-order valence-electron chi connectivity index (χ2n) is 5.05. The van der Waals surface area contributed by atoms with E-state index in [0.717, 1.165) is 28.6 Å². The van der Waals surface area contributed by atoms with Crippen molar-refractivity contribution < 1.29 is 4.79 Å². The molecule has 3 rings (SSSR count). The van der Waals surface area contributed by atoms with Gasteiger partial charge < -0.3 is 5.32 Å². The van der Waals surface area contributed by atoms with Crippen LogP contribution in [0.15, 0.2) is 53.0 Å². The molecule has 20 heavy (non-hydrogen) atoms. The van der Waals surface area contributed by atoms with Crippen LogP contribution in [0.2, 0.25) is 5.02 Å². The van der Waals surface area contributed by atoms with E-state index in [1.165, 1.54) is 0 Å². The van der Waals surface area contributed by atoms with Gasteiger partial charge in [-0.1, -0.05) is 39.7 Å². The Bertz CT molecular complexity index is 633. The molecular weight excluding hydrogens is 338 g/mol. The maximum atomic E-state index is 12.5. The number of amides is 1. The molecule has 1 fully saturated rings. The second-order valence-corrected chi connectivity index (χ2v) is 6.40. The molecule has 1 aliphatic carbocycles. The highest BCUT2D eigenvalue weighted by molar-refractivity contribution is 9.10. The molecule has 0 spiro atoms. The number of carbonyl (C=O) groups is 1. The highest BCUT2D eigenvalue weighted by Gasteiger charge is 2.51. The van der Waals surface area contributed by atoms with E-state index in [1.807, 2.05) is 48.5 Å². The van der Waals surface area contributed by atoms with Crippen molar-refractivity contribution in [2.45, 2.75) is 18.3 Å². The van der Waals surface area contributed by atoms with Crippen LogP contribution < -0.4 is 5.32 Å². The summed E-state index contributed by atoms with van der Waals surface area (Å²) in [6, 6.07) is 15.2. The van der Waals surface area contributed by atoms with Gasteiger partial charge in [-0.05, 0) is 54.8 Å². The Morgan fingerprint density at radius 1 is 1.05 bits per heavy atom. The first-order valence-electron chi connectivity index (χ1n) is 6.43. The van der Waals surface area contributed by atoms with Gasteiger partial charge >= 0.3 is 0 Å². The highest BCUT2D eigenvalue weighted by atomic mass is 79.9. The molecule has 1 N–H and O–H groups in total. The van der Waals surface area contributed by atoms with Gasteiger partial charge in [-0.3, -0.25) is 4.79 Å². The molecule has 4 heteroatoms. The predicted molar refractivity (Wildman–Crippen MR) is 85.1 cm³/mol. The molecule has 2 aromatic rings. The first kappa shape index (κ1) is 13.7. The zero-order valence-electron chi connectivity index (χ0n) is 10.7. The van der Waals surface area contributed by atoms with Gasteiger partial charge in [-0.15, -0.1) is 0 Å². The van der Waals surface area contributed by atoms with Crippen LogP contribution in [0, 0.1) is 0 Å². The summed E-state index contributed by atoms with van der Waals surface area (Å²) in [5, 5.41) is 3.68. The average molecular weight is 351 g/mol. The van der Waals surface area contributed by atoms with E-state index < -0.39 is 0 Å². The Labute approximate surface area is 131 Å². The molecule has 0 aliphatic heterocycles. The number of carbonyl (C=O) groups excluding carboxylic acids is 1. The quantitative estimate of drug-likeness (QED) is 0.848. The summed E-state index contributed by atoms with van der Waals surface area (Å²) in [7, 11) is 0. The van der Waals surface area contributed by atoms with Crippen molar-refractivity contribution in [2.75, 3.05) is 5.32 Å². The summed E-state index contributed by atoms with van der Waals surface area (Å²) in [6.45, 7) is 0. The monoisotopic (exact) mass is 349 g/mol. The van der Waals surface area contributed by atoms with Crippen LogP contribution in [0.3, 0.4) is 0 Å². The predicted octanol–water partition coefficient (Wildman–Crippen LogP) is 4.77. The number of hydrogen-bond acceptors (Lipinski definition) is 1. The van der Waals surface area contributed by atoms with Gasteiger partial charge in [-0.2, -0.15) is 0 Å². The van der Waals surface area contributed by atoms with Gasteiger partial charge in [0.15, 0.2) is 0 Å². The normalized spacial score (nSPS) is 15.7. The average Bonchev–Trinajstić information content (AvgIpc) is 3.24. The molecule has 1 aliphatic rings. The molecule has 0 aromatic heterocycles. The third-order valence-electron chi connectivity index (χ3n) is 3.68. The van der Waals surface area contributed by atoms with Crippen molar-refractivity contribution in [3.8, 4) is 0 Å². The first-order valence-corrected chi connectivity index (χ1v) is 7.60. The van der Waals surface area contributed by atoms with Gasteiger partial charge in [-0.25, -0.2) is 0 Å². The number of nitrogens with one attached hydrogen (secondary N) is 1. The standard InChI is InChI=1S/C16H13BrClNO/c17-12-3-7-14(8-4-12)19-15(20)16(9-10-16)11-1-5-13(18)6-2-11/h1-8H,9-10H2,(H,19,20). The van der Waals surface area contributed by atoms with Crippen molar-refractivity contribution in [2.24, 2.45) is 0 Å². The number of rotatable bonds is 3. The highest BCUT2D eigenvalue weighted by Crippen LogP contribution is 2.49. The van der Waals surface area contributed by atoms with Crippen molar-refractivity contribution in [1.82, 2.24) is 0 Å². The third-order valence-corrected chi connectivity index (χ3v) is 4.46. The van der Waals surface area contributed by atoms with Crippen molar-refractivity contribution in [1.29, 1.82) is 0 Å². The minimum absolute atomic E-state index is 0.0575. The third kappa shape index (κ3) is 2.60. The van der Waals surface area contributed by atoms with Crippen molar-refractivity contribution >= 4 is 39.1 Å². The van der Waals surface area contributed by atoms with Crippen molar-refractivity contribution in [3.63, 3.8) is 0 Å². The molecule has 2 aromatic carbocycles. The smallest absolute Gasteiger partial charge is 0.235 e. The van der Waals surface area contributed by atoms with E-state index in [0.29, 0.717) is 5.02 Å². The summed E-state index contributed by atoms with van der Waals surface area (Å²) in [6.07, 6.45) is 1.77. The molecule has 0 unspecified atom stereocenters. The summed E-state index contributed by atoms with van der Waals surface area (Å²) < 4.78 is 0.995. The lowest BCUT2D eigenvalue weighted by molar-refractivity contribution is -0.118. The van der Waals surface area contributed by atoms with Crippen molar-refractivity contribution in [3.05, 3.63) is 63.6 Å². The van der Waals surface area contributed by atoms with Crippen LogP contribution in [0.5, 0.6) is 0 Å². The second kappa shape index (κ2) is 5.23. The first-order chi connectivity index (χ1) is 9.60. The Kier molecular flexibility index (Phi) is 3.57. The molecule has 0 heterocycles. The summed E-state index contributed by atoms with van der Waals surface area (Å²) in [4.78, 5) is 12.5. The Hall–Kier alpha value is -1.32. The molecule has 0 radical (unpaired) electrons. The molecule has 1 saturated carbocycles. The van der Waals surface area contributed by atoms with E-state index in [1.54, 1.807) is 0 Å². The SMILES string of the molecule is O=C(Nc1ccc(Br)cc1)C1(c2ccc(Cl)cc2)CC1. The number of benzene rings is 2. The molecular formula is C16H13BrClNO. The lowest BCUT2D eigenvalue weighted by Crippen LogP contribution is -2.27. The molecule has 0 atom stereocenters. The summed E-state index contributed by atoms with van der Waals surface area (Å²) >= 11 is 9.28. The zero-order valence-corrected chi connectivity index (χ0v) is 13.0. The lowest BCUT2D eigenvalue weighted by atomic mass is 9.95. The van der Waals surface area contributed by atoms with Gasteiger partial charge in [0.1, 0.15) is 0 Å². The molecule has 2 nitrogen and oxygen atoms in total. The molecule has 1 amide bonds. The van der Waals surface area contributed by atoms with Crippen LogP contribution in [-0.2, 0) is 10.2 Å². The summed E-state index contributed by atoms with van der Waals surface area (Å²) in [5.74, 6) is 0.0575. The van der Waals surface area contributed by atoms with E-state index in [4.69, 9.17) is 11.6 Å². The molecule has 102 valence electrons. The van der Waals surface area contributed by atoms with Gasteiger partial charge in [0.25, 0.3) is 0 Å². The number of halogens is 2. The topological polar surface area (TPSA) is 29.1 Å². The van der Waals surface area contributed by atoms with Gasteiger partial charge in [0.05, 0.1) is 5.41 Å². The lowest BCUT2D eigenvalue weighted by Gasteiger charge is -2.16. The Morgan fingerprint density at radius 3 is 2.20 bits per heavy atom. The largest absolute Gasteiger partial charge is 0.325 e. The van der Waals surface area contributed by atoms with E-state index in [2.05, 4.69) is 21.2 Å². The van der Waals surface area contributed by atoms with Crippen LogP contribution in [0.1, 0.15) is 18.4 Å². The zero-order chi connectivity index (χ0) is 14.2. The molecule has 0 bridgehead atoms. The Morgan fingerprint density at radius 2 is 1.65 bits per heavy atom. The minimum Gasteiger partial charge on any atom is -0.325 e. The fraction of sp³-hybridized carbons (Fsp3) is 0.188. The summed E-state index contributed by atoms with van der Waals surface area (Å²) in [5.41, 5.74) is 1.48. The Balaban J connectivity index is 1.79. The fourth-order valence-electron chi connectivity index (χ4n) is 2.32. The molecule has 0 saturated heterocycles. The minimum atomic E-state index is -0.377. The van der Waals surface area contributed by atoms with E-state index in [-0.39, 0.29) is 11.3 Å². The maximum Gasteiger partial charge on any atom is 0.235 e. The maximum absolute atomic E-state index is 12.5. The number of hydrogen-bond donors (Lipinski definition) is 1. The van der Waals surface area contributed by atoms with E-state index in [9.17, 15) is 4.79 Å². The van der Waals surface area contributed by atoms with Crippen LogP contribution >= 0.6 is 27.5 Å². The van der Waals surface area contributed by atoms with Gasteiger partial charge in [0, 0.05) is 15.2 Å². The van der Waals surface area contributed by atoms with E-state index >= 15 is 0 Å². The van der Waals surface area contributed by atoms with Crippen LogP contribution in [-0.4, -0.2) is 5.91 Å². The van der Waals surface area contributed by atoms with Crippen LogP contribution in [0.4, 0.5) is 5.69 Å².